The number of methoxy groups -OCH3 is 2. The molecule has 0 aromatic heterocycles. The summed E-state index contributed by atoms with van der Waals surface area (Å²) in [5.41, 5.74) is 2.86. The predicted octanol–water partition coefficient (Wildman–Crippen LogP) is 4.87. The average molecular weight is 489 g/mol. The van der Waals surface area contributed by atoms with Crippen molar-refractivity contribution in [3.63, 3.8) is 0 Å². The molecule has 1 aliphatic rings. The number of carbonyl (C=O) groups is 2. The van der Waals surface area contributed by atoms with Crippen molar-refractivity contribution in [2.24, 2.45) is 10.9 Å². The van der Waals surface area contributed by atoms with Gasteiger partial charge in [-0.05, 0) is 47.9 Å². The smallest absolute Gasteiger partial charge is 0.341 e. The van der Waals surface area contributed by atoms with E-state index in [-0.39, 0.29) is 6.61 Å². The zero-order valence-corrected chi connectivity index (χ0v) is 20.4. The maximum Gasteiger partial charge on any atom is 0.341 e. The van der Waals surface area contributed by atoms with Gasteiger partial charge in [-0.3, -0.25) is 4.79 Å². The lowest BCUT2D eigenvalue weighted by atomic mass is 9.88. The van der Waals surface area contributed by atoms with E-state index >= 15 is 0 Å². The summed E-state index contributed by atoms with van der Waals surface area (Å²) in [6.07, 6.45) is 0. The van der Waals surface area contributed by atoms with Crippen LogP contribution in [0, 0.1) is 5.92 Å². The first-order chi connectivity index (χ1) is 17.5. The third-order valence-electron chi connectivity index (χ3n) is 5.89. The number of carbonyl (C=O) groups excluding carboxylic acids is 2. The van der Waals surface area contributed by atoms with Gasteiger partial charge >= 0.3 is 12.0 Å². The lowest BCUT2D eigenvalue weighted by molar-refractivity contribution is -0.148. The average Bonchev–Trinajstić information content (AvgIpc) is 2.90. The molecule has 0 bridgehead atoms. The number of hydrogen-bond donors (Lipinski definition) is 1. The lowest BCUT2D eigenvalue weighted by Gasteiger charge is -2.30. The van der Waals surface area contributed by atoms with E-state index in [1.165, 1.54) is 0 Å². The van der Waals surface area contributed by atoms with Crippen molar-refractivity contribution in [1.82, 2.24) is 5.32 Å². The van der Waals surface area contributed by atoms with Gasteiger partial charge in [0.25, 0.3) is 0 Å². The molecule has 2 amide bonds. The summed E-state index contributed by atoms with van der Waals surface area (Å²) in [5, 5.41) is 2.80. The largest absolute Gasteiger partial charge is 0.497 e. The number of nitrogens with zero attached hydrogens (tertiary/aromatic N) is 1. The molecule has 3 aromatic carbocycles. The summed E-state index contributed by atoms with van der Waals surface area (Å²) in [7, 11) is 3.12. The van der Waals surface area contributed by atoms with Gasteiger partial charge in [-0.2, -0.15) is 0 Å². The van der Waals surface area contributed by atoms with Crippen LogP contribution in [0.4, 0.5) is 4.79 Å². The zero-order valence-electron chi connectivity index (χ0n) is 20.4. The molecule has 2 atom stereocenters. The van der Waals surface area contributed by atoms with Crippen LogP contribution in [0.2, 0.25) is 0 Å². The molecule has 0 radical (unpaired) electrons. The van der Waals surface area contributed by atoms with Crippen LogP contribution in [-0.2, 0) is 22.7 Å². The van der Waals surface area contributed by atoms with E-state index in [1.807, 2.05) is 48.5 Å². The van der Waals surface area contributed by atoms with Crippen molar-refractivity contribution in [2.45, 2.75) is 26.2 Å². The molecule has 0 saturated heterocycles. The number of esters is 1. The molecule has 0 saturated carbocycles. The van der Waals surface area contributed by atoms with Crippen LogP contribution < -0.4 is 19.5 Å². The molecule has 2 unspecified atom stereocenters. The van der Waals surface area contributed by atoms with Gasteiger partial charge in [0.15, 0.2) is 11.5 Å². The molecule has 1 aliphatic heterocycles. The van der Waals surface area contributed by atoms with Gasteiger partial charge in [-0.25, -0.2) is 9.79 Å². The van der Waals surface area contributed by atoms with Crippen LogP contribution in [0.5, 0.6) is 17.2 Å². The summed E-state index contributed by atoms with van der Waals surface area (Å²) in [4.78, 5) is 29.4. The van der Waals surface area contributed by atoms with Gasteiger partial charge in [0.05, 0.1) is 20.3 Å². The van der Waals surface area contributed by atoms with Gasteiger partial charge in [0.1, 0.15) is 24.9 Å². The Morgan fingerprint density at radius 1 is 0.889 bits per heavy atom. The number of nitrogens with one attached hydrogen (secondary N) is 1. The van der Waals surface area contributed by atoms with Crippen molar-refractivity contribution in [1.29, 1.82) is 0 Å². The van der Waals surface area contributed by atoms with Gasteiger partial charge < -0.3 is 24.3 Å². The number of hydrogen-bond acceptors (Lipinski definition) is 6. The monoisotopic (exact) mass is 488 g/mol. The third-order valence-corrected chi connectivity index (χ3v) is 5.89. The number of urea groups is 1. The second kappa shape index (κ2) is 11.4. The fourth-order valence-electron chi connectivity index (χ4n) is 4.04. The molecular formula is C28H28N2O6. The van der Waals surface area contributed by atoms with Crippen molar-refractivity contribution >= 4 is 17.7 Å². The number of amides is 2. The second-order valence-electron chi connectivity index (χ2n) is 8.30. The Labute approximate surface area is 209 Å². The summed E-state index contributed by atoms with van der Waals surface area (Å²) in [5.74, 6) is 0.420. The lowest BCUT2D eigenvalue weighted by Crippen LogP contribution is -2.44. The van der Waals surface area contributed by atoms with Crippen LogP contribution >= 0.6 is 0 Å². The summed E-state index contributed by atoms with van der Waals surface area (Å²) in [6.45, 7) is 2.09. The first-order valence-corrected chi connectivity index (χ1v) is 11.5. The Morgan fingerprint density at radius 3 is 2.42 bits per heavy atom. The third kappa shape index (κ3) is 5.83. The molecule has 1 heterocycles. The van der Waals surface area contributed by atoms with Crippen molar-refractivity contribution < 1.29 is 28.5 Å². The quantitative estimate of drug-likeness (QED) is 0.432. The van der Waals surface area contributed by atoms with E-state index in [2.05, 4.69) is 10.3 Å². The number of benzene rings is 3. The molecule has 4 rings (SSSR count). The minimum atomic E-state index is -0.797. The molecule has 8 nitrogen and oxygen atoms in total. The van der Waals surface area contributed by atoms with Crippen LogP contribution in [0.25, 0.3) is 0 Å². The molecule has 0 spiro atoms. The number of rotatable bonds is 9. The fourth-order valence-corrected chi connectivity index (χ4v) is 4.04. The summed E-state index contributed by atoms with van der Waals surface area (Å²) >= 11 is 0. The van der Waals surface area contributed by atoms with Gasteiger partial charge in [0, 0.05) is 5.71 Å². The van der Waals surface area contributed by atoms with E-state index in [9.17, 15) is 9.59 Å². The maximum absolute atomic E-state index is 13.2. The minimum Gasteiger partial charge on any atom is -0.497 e. The highest BCUT2D eigenvalue weighted by atomic mass is 16.5. The summed E-state index contributed by atoms with van der Waals surface area (Å²) in [6, 6.07) is 21.2. The second-order valence-corrected chi connectivity index (χ2v) is 8.30. The fraction of sp³-hybridized carbons (Fsp3) is 0.250. The van der Waals surface area contributed by atoms with Crippen molar-refractivity contribution in [3.05, 3.63) is 89.5 Å². The molecule has 1 N–H and O–H groups in total. The van der Waals surface area contributed by atoms with Gasteiger partial charge in [0.2, 0.25) is 0 Å². The van der Waals surface area contributed by atoms with E-state index in [0.717, 1.165) is 11.1 Å². The standard InChI is InChI=1S/C28H28N2O6/c1-18-25(27(31)36-17-20-10-7-11-22(14-20)33-2)26(30-28(32)29-18)21-12-13-23(24(15-21)34-3)35-16-19-8-5-4-6-9-19/h4-15,25-26H,16-17H2,1-3H3,(H,30,32). The van der Waals surface area contributed by atoms with E-state index in [0.29, 0.717) is 35.1 Å². The molecule has 8 heteroatoms. The first kappa shape index (κ1) is 24.8. The van der Waals surface area contributed by atoms with E-state index in [1.54, 1.807) is 45.4 Å². The summed E-state index contributed by atoms with van der Waals surface area (Å²) < 4.78 is 22.3. The van der Waals surface area contributed by atoms with Crippen LogP contribution in [-0.4, -0.2) is 31.9 Å². The highest BCUT2D eigenvalue weighted by molar-refractivity contribution is 6.08. The molecule has 0 fully saturated rings. The van der Waals surface area contributed by atoms with E-state index < -0.39 is 24.0 Å². The molecular weight excluding hydrogens is 460 g/mol. The Kier molecular flexibility index (Phi) is 7.85. The number of aliphatic imine (C=N–C) groups is 1. The zero-order chi connectivity index (χ0) is 25.5. The van der Waals surface area contributed by atoms with Gasteiger partial charge in [-0.1, -0.05) is 48.5 Å². The van der Waals surface area contributed by atoms with Crippen molar-refractivity contribution in [2.75, 3.05) is 14.2 Å². The Balaban J connectivity index is 1.53. The SMILES string of the molecule is COc1cccc(COC(=O)C2C(C)=NC(=O)NC2c2ccc(OCc3ccccc3)c(OC)c2)c1. The predicted molar refractivity (Wildman–Crippen MR) is 134 cm³/mol. The van der Waals surface area contributed by atoms with Crippen LogP contribution in [0.3, 0.4) is 0 Å². The maximum atomic E-state index is 13.2. The first-order valence-electron chi connectivity index (χ1n) is 11.5. The Morgan fingerprint density at radius 2 is 1.67 bits per heavy atom. The normalized spacial score (nSPS) is 17.0. The molecule has 36 heavy (non-hydrogen) atoms. The highest BCUT2D eigenvalue weighted by Crippen LogP contribution is 2.35. The topological polar surface area (TPSA) is 95.5 Å². The highest BCUT2D eigenvalue weighted by Gasteiger charge is 2.38. The van der Waals surface area contributed by atoms with E-state index in [4.69, 9.17) is 18.9 Å². The minimum absolute atomic E-state index is 0.0655. The Hall–Kier alpha value is -4.33. The van der Waals surface area contributed by atoms with Crippen molar-refractivity contribution in [3.8, 4) is 17.2 Å². The van der Waals surface area contributed by atoms with Crippen LogP contribution in [0.15, 0.2) is 77.8 Å². The molecule has 3 aromatic rings. The molecule has 186 valence electrons. The Bertz CT molecular complexity index is 1260. The van der Waals surface area contributed by atoms with Crippen LogP contribution in [0.1, 0.15) is 29.7 Å². The van der Waals surface area contributed by atoms with Gasteiger partial charge in [-0.15, -0.1) is 0 Å². The molecule has 0 aliphatic carbocycles. The number of ether oxygens (including phenoxy) is 4.